The summed E-state index contributed by atoms with van der Waals surface area (Å²) in [5.41, 5.74) is 1.69. The molecule has 0 radical (unpaired) electrons. The number of likely N-dealkylation sites (N-methyl/N-ethyl adjacent to an activating group) is 1. The second-order valence-electron chi connectivity index (χ2n) is 7.14. The predicted octanol–water partition coefficient (Wildman–Crippen LogP) is 2.62. The van der Waals surface area contributed by atoms with E-state index in [0.29, 0.717) is 23.3 Å². The van der Waals surface area contributed by atoms with Crippen LogP contribution in [0.15, 0.2) is 42.5 Å². The lowest BCUT2D eigenvalue weighted by Crippen LogP contribution is -2.40. The Kier molecular flexibility index (Phi) is 3.80. The molecule has 1 unspecified atom stereocenters. The Bertz CT molecular complexity index is 949. The number of fused-ring (bicyclic) bond motifs is 2. The summed E-state index contributed by atoms with van der Waals surface area (Å²) in [7, 11) is 3.32. The highest BCUT2D eigenvalue weighted by Crippen LogP contribution is 2.45. The van der Waals surface area contributed by atoms with E-state index in [1.54, 1.807) is 43.3 Å². The van der Waals surface area contributed by atoms with E-state index >= 15 is 0 Å². The zero-order valence-electron chi connectivity index (χ0n) is 15.5. The second-order valence-corrected chi connectivity index (χ2v) is 7.14. The molecular formula is C21H20N2O4. The molecule has 27 heavy (non-hydrogen) atoms. The van der Waals surface area contributed by atoms with Gasteiger partial charge in [0.1, 0.15) is 5.75 Å². The lowest BCUT2D eigenvalue weighted by atomic mass is 9.80. The molecule has 0 aromatic heterocycles. The van der Waals surface area contributed by atoms with Gasteiger partial charge in [-0.05, 0) is 49.2 Å². The van der Waals surface area contributed by atoms with Crippen molar-refractivity contribution in [1.82, 2.24) is 4.90 Å². The maximum absolute atomic E-state index is 13.0. The fraction of sp³-hybridized carbons (Fsp3) is 0.286. The quantitative estimate of drug-likeness (QED) is 0.782. The minimum absolute atomic E-state index is 0.0534. The van der Waals surface area contributed by atoms with Crippen molar-refractivity contribution in [2.24, 2.45) is 0 Å². The van der Waals surface area contributed by atoms with E-state index in [0.717, 1.165) is 11.3 Å². The largest absolute Gasteiger partial charge is 0.497 e. The van der Waals surface area contributed by atoms with Gasteiger partial charge in [0.15, 0.2) is 0 Å². The molecule has 0 bridgehead atoms. The number of nitrogens with zero attached hydrogens (tertiary/aromatic N) is 2. The number of benzene rings is 2. The van der Waals surface area contributed by atoms with E-state index in [1.807, 2.05) is 25.1 Å². The third kappa shape index (κ3) is 2.36. The molecule has 0 saturated carbocycles. The first-order valence-corrected chi connectivity index (χ1v) is 8.80. The summed E-state index contributed by atoms with van der Waals surface area (Å²) in [5.74, 6) is 0.0129. The molecule has 0 aliphatic carbocycles. The van der Waals surface area contributed by atoms with Crippen LogP contribution in [0.5, 0.6) is 5.75 Å². The Morgan fingerprint density at radius 3 is 2.22 bits per heavy atom. The number of anilines is 1. The third-order valence-corrected chi connectivity index (χ3v) is 5.65. The van der Waals surface area contributed by atoms with E-state index in [4.69, 9.17) is 4.74 Å². The summed E-state index contributed by atoms with van der Waals surface area (Å²) >= 11 is 0. The monoisotopic (exact) mass is 364 g/mol. The van der Waals surface area contributed by atoms with Crippen molar-refractivity contribution in [2.75, 3.05) is 25.6 Å². The first-order valence-electron chi connectivity index (χ1n) is 8.80. The topological polar surface area (TPSA) is 66.9 Å². The number of methoxy groups -OCH3 is 1. The third-order valence-electron chi connectivity index (χ3n) is 5.65. The van der Waals surface area contributed by atoms with E-state index in [2.05, 4.69) is 0 Å². The van der Waals surface area contributed by atoms with Crippen LogP contribution in [0.4, 0.5) is 5.69 Å². The van der Waals surface area contributed by atoms with Crippen molar-refractivity contribution in [1.29, 1.82) is 0 Å². The van der Waals surface area contributed by atoms with Crippen LogP contribution in [0.1, 0.15) is 39.6 Å². The standard InChI is InChI=1S/C21H20N2O4/c1-21(16-12-13(27-3)8-9-17(16)22(2)20(21)26)10-11-23-18(24)14-6-4-5-7-15(14)19(23)25/h4-9,12H,10-11H2,1-3H3. The van der Waals surface area contributed by atoms with Crippen LogP contribution < -0.4 is 9.64 Å². The molecule has 2 heterocycles. The zero-order chi connectivity index (χ0) is 19.3. The van der Waals surface area contributed by atoms with E-state index in [-0.39, 0.29) is 24.3 Å². The van der Waals surface area contributed by atoms with Gasteiger partial charge in [0, 0.05) is 19.3 Å². The highest BCUT2D eigenvalue weighted by atomic mass is 16.5. The molecule has 6 heteroatoms. The summed E-state index contributed by atoms with van der Waals surface area (Å²) in [5, 5.41) is 0. The summed E-state index contributed by atoms with van der Waals surface area (Å²) in [6.45, 7) is 2.04. The lowest BCUT2D eigenvalue weighted by Gasteiger charge is -2.25. The van der Waals surface area contributed by atoms with Crippen LogP contribution in [0.2, 0.25) is 0 Å². The molecule has 0 spiro atoms. The molecular weight excluding hydrogens is 344 g/mol. The van der Waals surface area contributed by atoms with Gasteiger partial charge in [-0.2, -0.15) is 0 Å². The van der Waals surface area contributed by atoms with Gasteiger partial charge >= 0.3 is 0 Å². The fourth-order valence-electron chi connectivity index (χ4n) is 3.99. The highest BCUT2D eigenvalue weighted by molar-refractivity contribution is 6.21. The number of hydrogen-bond acceptors (Lipinski definition) is 4. The molecule has 138 valence electrons. The molecule has 0 fully saturated rings. The molecule has 2 aromatic carbocycles. The van der Waals surface area contributed by atoms with Gasteiger partial charge in [0.05, 0.1) is 23.7 Å². The van der Waals surface area contributed by atoms with Gasteiger partial charge in [-0.25, -0.2) is 0 Å². The van der Waals surface area contributed by atoms with E-state index < -0.39 is 5.41 Å². The van der Waals surface area contributed by atoms with Crippen molar-refractivity contribution in [3.8, 4) is 5.75 Å². The maximum Gasteiger partial charge on any atom is 0.261 e. The Morgan fingerprint density at radius 1 is 1.00 bits per heavy atom. The summed E-state index contributed by atoms with van der Waals surface area (Å²) in [6.07, 6.45) is 0.349. The Balaban J connectivity index is 1.63. The Hall–Kier alpha value is -3.15. The zero-order valence-corrected chi connectivity index (χ0v) is 15.5. The predicted molar refractivity (Wildman–Crippen MR) is 100 cm³/mol. The second kappa shape index (κ2) is 5.94. The molecule has 4 rings (SSSR count). The number of carbonyl (C=O) groups is 3. The van der Waals surface area contributed by atoms with Gasteiger partial charge in [0.2, 0.25) is 5.91 Å². The van der Waals surface area contributed by atoms with Crippen LogP contribution in [-0.2, 0) is 10.2 Å². The SMILES string of the molecule is COc1ccc2c(c1)C(C)(CCN1C(=O)c3ccccc3C1=O)C(=O)N2C. The molecule has 3 amide bonds. The smallest absolute Gasteiger partial charge is 0.261 e. The molecule has 2 aliphatic heterocycles. The van der Waals surface area contributed by atoms with E-state index in [9.17, 15) is 14.4 Å². The lowest BCUT2D eigenvalue weighted by molar-refractivity contribution is -0.122. The van der Waals surface area contributed by atoms with Crippen LogP contribution in [0, 0.1) is 0 Å². The Morgan fingerprint density at radius 2 is 1.63 bits per heavy atom. The fourth-order valence-corrected chi connectivity index (χ4v) is 3.99. The van der Waals surface area contributed by atoms with Gasteiger partial charge in [-0.15, -0.1) is 0 Å². The van der Waals surface area contributed by atoms with Gasteiger partial charge in [-0.1, -0.05) is 12.1 Å². The number of carbonyl (C=O) groups excluding carboxylic acids is 3. The van der Waals surface area contributed by atoms with Crippen LogP contribution in [-0.4, -0.2) is 43.3 Å². The minimum Gasteiger partial charge on any atom is -0.497 e. The number of imide groups is 1. The van der Waals surface area contributed by atoms with Crippen molar-refractivity contribution in [3.63, 3.8) is 0 Å². The van der Waals surface area contributed by atoms with Crippen LogP contribution in [0.25, 0.3) is 0 Å². The van der Waals surface area contributed by atoms with Gasteiger partial charge < -0.3 is 9.64 Å². The summed E-state index contributed by atoms with van der Waals surface area (Å²) in [4.78, 5) is 41.0. The molecule has 0 saturated heterocycles. The number of ether oxygens (including phenoxy) is 1. The maximum atomic E-state index is 13.0. The van der Waals surface area contributed by atoms with Crippen molar-refractivity contribution in [2.45, 2.75) is 18.8 Å². The van der Waals surface area contributed by atoms with E-state index in [1.165, 1.54) is 4.90 Å². The van der Waals surface area contributed by atoms with Crippen LogP contribution in [0.3, 0.4) is 0 Å². The first-order chi connectivity index (χ1) is 12.9. The molecule has 1 atom stereocenters. The van der Waals surface area contributed by atoms with Gasteiger partial charge in [-0.3, -0.25) is 19.3 Å². The first kappa shape index (κ1) is 17.3. The average Bonchev–Trinajstić information content (AvgIpc) is 3.04. The van der Waals surface area contributed by atoms with Crippen molar-refractivity contribution < 1.29 is 19.1 Å². The molecule has 6 nitrogen and oxygen atoms in total. The molecule has 2 aromatic rings. The highest BCUT2D eigenvalue weighted by Gasteiger charge is 2.47. The van der Waals surface area contributed by atoms with Gasteiger partial charge in [0.25, 0.3) is 11.8 Å². The van der Waals surface area contributed by atoms with Crippen molar-refractivity contribution >= 4 is 23.4 Å². The molecule has 0 N–H and O–H groups in total. The summed E-state index contributed by atoms with van der Waals surface area (Å²) in [6, 6.07) is 12.3. The minimum atomic E-state index is -0.825. The number of hydrogen-bond donors (Lipinski definition) is 0. The number of amides is 3. The average molecular weight is 364 g/mol. The Labute approximate surface area is 157 Å². The number of rotatable bonds is 4. The van der Waals surface area contributed by atoms with Crippen molar-refractivity contribution in [3.05, 3.63) is 59.2 Å². The molecule has 2 aliphatic rings. The van der Waals surface area contributed by atoms with Crippen LogP contribution >= 0.6 is 0 Å². The normalized spacial score (nSPS) is 20.9. The summed E-state index contributed by atoms with van der Waals surface area (Å²) < 4.78 is 5.31.